The maximum absolute atomic E-state index is 5.86. The second-order valence-corrected chi connectivity index (χ2v) is 5.70. The molecule has 1 heterocycles. The van der Waals surface area contributed by atoms with Crippen LogP contribution in [0, 0.1) is 0 Å². The highest BCUT2D eigenvalue weighted by molar-refractivity contribution is 5.23. The Labute approximate surface area is 137 Å². The van der Waals surface area contributed by atoms with E-state index in [1.165, 1.54) is 11.1 Å². The molecule has 0 saturated heterocycles. The van der Waals surface area contributed by atoms with E-state index in [0.717, 1.165) is 24.2 Å². The lowest BCUT2D eigenvalue weighted by atomic mass is 10.1. The van der Waals surface area contributed by atoms with Gasteiger partial charge >= 0.3 is 0 Å². The number of nitrogens with two attached hydrogens (primary N) is 1. The minimum Gasteiger partial charge on any atom is -0.325 e. The van der Waals surface area contributed by atoms with E-state index in [1.54, 1.807) is 0 Å². The third kappa shape index (κ3) is 3.48. The van der Waals surface area contributed by atoms with E-state index in [-0.39, 0.29) is 6.04 Å². The fraction of sp³-hybridized carbons (Fsp3) is 0.263. The third-order valence-electron chi connectivity index (χ3n) is 4.21. The van der Waals surface area contributed by atoms with Gasteiger partial charge in [-0.1, -0.05) is 65.9 Å². The van der Waals surface area contributed by atoms with Gasteiger partial charge in [-0.2, -0.15) is 0 Å². The normalized spacial score (nSPS) is 12.3. The van der Waals surface area contributed by atoms with Gasteiger partial charge in [-0.05, 0) is 30.9 Å². The van der Waals surface area contributed by atoms with Crippen molar-refractivity contribution in [3.8, 4) is 0 Å². The molecule has 0 aliphatic rings. The Hall–Kier alpha value is -2.46. The third-order valence-corrected chi connectivity index (χ3v) is 4.21. The van der Waals surface area contributed by atoms with Crippen LogP contribution in [0.2, 0.25) is 0 Å². The average Bonchev–Trinajstić information content (AvgIpc) is 3.04. The van der Waals surface area contributed by atoms with Gasteiger partial charge in [0.15, 0.2) is 0 Å². The van der Waals surface area contributed by atoms with Crippen molar-refractivity contribution in [3.05, 3.63) is 83.2 Å². The van der Waals surface area contributed by atoms with Crippen LogP contribution in [0.5, 0.6) is 0 Å². The molecule has 4 heteroatoms. The van der Waals surface area contributed by atoms with Crippen molar-refractivity contribution >= 4 is 0 Å². The molecule has 0 radical (unpaired) electrons. The molecule has 0 spiro atoms. The minimum absolute atomic E-state index is 0.148. The number of nitrogens with zero attached hydrogens (tertiary/aromatic N) is 3. The SMILES string of the molecule is CC(c1ccccc1)n1nnc(CN)c1CCc1ccccc1. The predicted molar refractivity (Wildman–Crippen MR) is 92.0 cm³/mol. The highest BCUT2D eigenvalue weighted by Gasteiger charge is 2.17. The quantitative estimate of drug-likeness (QED) is 0.761. The maximum atomic E-state index is 5.86. The van der Waals surface area contributed by atoms with Crippen LogP contribution >= 0.6 is 0 Å². The lowest BCUT2D eigenvalue weighted by Gasteiger charge is -2.16. The van der Waals surface area contributed by atoms with Crippen molar-refractivity contribution in [2.75, 3.05) is 0 Å². The lowest BCUT2D eigenvalue weighted by Crippen LogP contribution is -2.14. The van der Waals surface area contributed by atoms with E-state index in [9.17, 15) is 0 Å². The first-order chi connectivity index (χ1) is 11.3. The van der Waals surface area contributed by atoms with Gasteiger partial charge in [-0.3, -0.25) is 0 Å². The number of aromatic nitrogens is 3. The van der Waals surface area contributed by atoms with Crippen LogP contribution in [-0.4, -0.2) is 15.0 Å². The highest BCUT2D eigenvalue weighted by Crippen LogP contribution is 2.21. The van der Waals surface area contributed by atoms with Gasteiger partial charge in [0.25, 0.3) is 0 Å². The summed E-state index contributed by atoms with van der Waals surface area (Å²) in [5.41, 5.74) is 10.4. The first-order valence-electron chi connectivity index (χ1n) is 8.01. The summed E-state index contributed by atoms with van der Waals surface area (Å²) >= 11 is 0. The smallest absolute Gasteiger partial charge is 0.0995 e. The second kappa shape index (κ2) is 7.20. The molecule has 3 rings (SSSR count). The van der Waals surface area contributed by atoms with Crippen LogP contribution in [0.3, 0.4) is 0 Å². The van der Waals surface area contributed by atoms with Crippen LogP contribution in [-0.2, 0) is 19.4 Å². The van der Waals surface area contributed by atoms with Crippen molar-refractivity contribution in [2.45, 2.75) is 32.4 Å². The van der Waals surface area contributed by atoms with E-state index in [0.29, 0.717) is 6.54 Å². The Bertz CT molecular complexity index is 735. The van der Waals surface area contributed by atoms with Crippen LogP contribution in [0.1, 0.15) is 35.5 Å². The zero-order chi connectivity index (χ0) is 16.1. The summed E-state index contributed by atoms with van der Waals surface area (Å²) in [6.07, 6.45) is 1.85. The molecule has 0 amide bonds. The van der Waals surface area contributed by atoms with E-state index in [4.69, 9.17) is 5.73 Å². The number of benzene rings is 2. The molecule has 4 nitrogen and oxygen atoms in total. The molecule has 0 saturated carbocycles. The van der Waals surface area contributed by atoms with E-state index in [2.05, 4.69) is 65.8 Å². The number of hydrogen-bond donors (Lipinski definition) is 1. The standard InChI is InChI=1S/C19H22N4/c1-15(17-10-6-3-7-11-17)23-19(18(14-20)21-22-23)13-12-16-8-4-2-5-9-16/h2-11,15H,12-14,20H2,1H3. The van der Waals surface area contributed by atoms with Gasteiger partial charge in [-0.25, -0.2) is 4.68 Å². The van der Waals surface area contributed by atoms with E-state index < -0.39 is 0 Å². The summed E-state index contributed by atoms with van der Waals surface area (Å²) in [4.78, 5) is 0. The van der Waals surface area contributed by atoms with Gasteiger partial charge < -0.3 is 5.73 Å². The fourth-order valence-corrected chi connectivity index (χ4v) is 2.85. The highest BCUT2D eigenvalue weighted by atomic mass is 15.4. The molecule has 1 aromatic heterocycles. The molecule has 3 aromatic rings. The van der Waals surface area contributed by atoms with Gasteiger partial charge in [0, 0.05) is 6.54 Å². The van der Waals surface area contributed by atoms with E-state index >= 15 is 0 Å². The molecule has 1 atom stereocenters. The Balaban J connectivity index is 1.85. The Kier molecular flexibility index (Phi) is 4.83. The first kappa shape index (κ1) is 15.4. The van der Waals surface area contributed by atoms with Gasteiger partial charge in [0.05, 0.1) is 17.4 Å². The summed E-state index contributed by atoms with van der Waals surface area (Å²) in [7, 11) is 0. The Morgan fingerprint density at radius 1 is 0.957 bits per heavy atom. The van der Waals surface area contributed by atoms with Gasteiger partial charge in [0.1, 0.15) is 0 Å². The van der Waals surface area contributed by atoms with E-state index in [1.807, 2.05) is 16.8 Å². The molecular formula is C19H22N4. The average molecular weight is 306 g/mol. The molecule has 2 N–H and O–H groups in total. The van der Waals surface area contributed by atoms with Crippen LogP contribution in [0.15, 0.2) is 60.7 Å². The van der Waals surface area contributed by atoms with Crippen LogP contribution in [0.25, 0.3) is 0 Å². The van der Waals surface area contributed by atoms with Crippen molar-refractivity contribution in [3.63, 3.8) is 0 Å². The molecule has 0 aliphatic carbocycles. The van der Waals surface area contributed by atoms with Crippen molar-refractivity contribution in [2.24, 2.45) is 5.73 Å². The number of rotatable bonds is 6. The molecule has 1 unspecified atom stereocenters. The zero-order valence-corrected chi connectivity index (χ0v) is 13.4. The number of aryl methyl sites for hydroxylation is 1. The monoisotopic (exact) mass is 306 g/mol. The zero-order valence-electron chi connectivity index (χ0n) is 13.4. The summed E-state index contributed by atoms with van der Waals surface area (Å²) in [6.45, 7) is 2.57. The lowest BCUT2D eigenvalue weighted by molar-refractivity contribution is 0.520. The molecular weight excluding hydrogens is 284 g/mol. The molecule has 0 aliphatic heterocycles. The van der Waals surface area contributed by atoms with Crippen molar-refractivity contribution in [1.29, 1.82) is 0 Å². The van der Waals surface area contributed by atoms with Gasteiger partial charge in [0.2, 0.25) is 0 Å². The topological polar surface area (TPSA) is 56.7 Å². The van der Waals surface area contributed by atoms with Crippen LogP contribution < -0.4 is 5.73 Å². The fourth-order valence-electron chi connectivity index (χ4n) is 2.85. The Morgan fingerprint density at radius 3 is 2.26 bits per heavy atom. The first-order valence-corrected chi connectivity index (χ1v) is 8.01. The van der Waals surface area contributed by atoms with Crippen molar-refractivity contribution < 1.29 is 0 Å². The molecule has 118 valence electrons. The summed E-state index contributed by atoms with van der Waals surface area (Å²) in [6, 6.07) is 21.0. The number of hydrogen-bond acceptors (Lipinski definition) is 3. The summed E-state index contributed by atoms with van der Waals surface area (Å²) in [5.74, 6) is 0. The largest absolute Gasteiger partial charge is 0.325 e. The summed E-state index contributed by atoms with van der Waals surface area (Å²) < 4.78 is 2.01. The van der Waals surface area contributed by atoms with Crippen LogP contribution in [0.4, 0.5) is 0 Å². The molecule has 0 bridgehead atoms. The molecule has 0 fully saturated rings. The maximum Gasteiger partial charge on any atom is 0.0995 e. The van der Waals surface area contributed by atoms with Gasteiger partial charge in [-0.15, -0.1) is 5.10 Å². The molecule has 2 aromatic carbocycles. The molecule has 23 heavy (non-hydrogen) atoms. The predicted octanol–water partition coefficient (Wildman–Crippen LogP) is 3.13. The van der Waals surface area contributed by atoms with Crippen molar-refractivity contribution in [1.82, 2.24) is 15.0 Å². The minimum atomic E-state index is 0.148. The Morgan fingerprint density at radius 2 is 1.61 bits per heavy atom. The summed E-state index contributed by atoms with van der Waals surface area (Å²) in [5, 5.41) is 8.64. The second-order valence-electron chi connectivity index (χ2n) is 5.70.